The fourth-order valence-corrected chi connectivity index (χ4v) is 2.90. The van der Waals surface area contributed by atoms with Crippen LogP contribution in [0.5, 0.6) is 5.75 Å². The summed E-state index contributed by atoms with van der Waals surface area (Å²) in [5, 5.41) is 3.05. The van der Waals surface area contributed by atoms with E-state index >= 15 is 0 Å². The van der Waals surface area contributed by atoms with E-state index in [-0.39, 0.29) is 18.6 Å². The first-order valence-electron chi connectivity index (χ1n) is 7.87. The zero-order chi connectivity index (χ0) is 16.1. The monoisotopic (exact) mass is 311 g/mol. The first-order chi connectivity index (χ1) is 11.3. The van der Waals surface area contributed by atoms with Crippen LogP contribution in [0.3, 0.4) is 0 Å². The van der Waals surface area contributed by atoms with Gasteiger partial charge in [0.15, 0.2) is 0 Å². The number of amides is 1. The van der Waals surface area contributed by atoms with Crippen molar-refractivity contribution < 1.29 is 14.3 Å². The van der Waals surface area contributed by atoms with Crippen LogP contribution in [-0.4, -0.2) is 26.2 Å². The Morgan fingerprint density at radius 2 is 2.04 bits per heavy atom. The van der Waals surface area contributed by atoms with Crippen molar-refractivity contribution in [1.29, 1.82) is 0 Å². The predicted molar refractivity (Wildman–Crippen MR) is 88.6 cm³/mol. The number of carbonyl (C=O) groups is 1. The molecule has 2 aromatic rings. The molecule has 1 N–H and O–H groups in total. The summed E-state index contributed by atoms with van der Waals surface area (Å²) in [7, 11) is 1.52. The molecule has 1 aliphatic heterocycles. The number of hydrogen-bond acceptors (Lipinski definition) is 3. The zero-order valence-corrected chi connectivity index (χ0v) is 13.2. The first kappa shape index (κ1) is 15.6. The highest BCUT2D eigenvalue weighted by Crippen LogP contribution is 2.30. The smallest absolute Gasteiger partial charge is 0.246 e. The molecule has 1 amide bonds. The summed E-state index contributed by atoms with van der Waals surface area (Å²) in [4.78, 5) is 12.0. The van der Waals surface area contributed by atoms with Gasteiger partial charge in [0.2, 0.25) is 5.91 Å². The minimum atomic E-state index is -0.189. The molecule has 23 heavy (non-hydrogen) atoms. The summed E-state index contributed by atoms with van der Waals surface area (Å²) in [5.41, 5.74) is 3.31. The number of ether oxygens (including phenoxy) is 2. The second-order valence-electron chi connectivity index (χ2n) is 5.66. The highest BCUT2D eigenvalue weighted by Gasteiger charge is 2.19. The molecule has 4 nitrogen and oxygen atoms in total. The van der Waals surface area contributed by atoms with Crippen LogP contribution in [0.1, 0.15) is 29.2 Å². The molecule has 120 valence electrons. The lowest BCUT2D eigenvalue weighted by Gasteiger charge is -2.23. The van der Waals surface area contributed by atoms with E-state index in [1.54, 1.807) is 0 Å². The number of nitrogens with one attached hydrogen (secondary N) is 1. The Morgan fingerprint density at radius 3 is 2.83 bits per heavy atom. The van der Waals surface area contributed by atoms with Gasteiger partial charge < -0.3 is 14.8 Å². The van der Waals surface area contributed by atoms with Crippen LogP contribution < -0.4 is 10.1 Å². The Labute approximate surface area is 136 Å². The Hall–Kier alpha value is -2.33. The van der Waals surface area contributed by atoms with Gasteiger partial charge in [0.1, 0.15) is 12.4 Å². The van der Waals surface area contributed by atoms with Gasteiger partial charge in [0.05, 0.1) is 12.6 Å². The molecule has 0 unspecified atom stereocenters. The average Bonchev–Trinajstić information content (AvgIpc) is 2.60. The van der Waals surface area contributed by atoms with Crippen LogP contribution in [0, 0.1) is 0 Å². The molecular formula is C19H21NO3. The number of hydrogen-bond donors (Lipinski definition) is 1. The number of methoxy groups -OCH3 is 1. The maximum Gasteiger partial charge on any atom is 0.246 e. The topological polar surface area (TPSA) is 47.6 Å². The molecule has 0 radical (unpaired) electrons. The molecule has 0 fully saturated rings. The van der Waals surface area contributed by atoms with Gasteiger partial charge in [-0.1, -0.05) is 36.4 Å². The SMILES string of the molecule is COCC(=O)N[C@@H](c1ccccc1)c1ccc2c(c1)CCCO2. The van der Waals surface area contributed by atoms with E-state index in [4.69, 9.17) is 9.47 Å². The van der Waals surface area contributed by atoms with Crippen LogP contribution in [-0.2, 0) is 16.0 Å². The van der Waals surface area contributed by atoms with E-state index in [0.717, 1.165) is 36.3 Å². The Balaban J connectivity index is 1.93. The maximum absolute atomic E-state index is 12.0. The minimum absolute atomic E-state index is 0.0530. The molecule has 1 heterocycles. The zero-order valence-electron chi connectivity index (χ0n) is 13.2. The van der Waals surface area contributed by atoms with Crippen molar-refractivity contribution in [1.82, 2.24) is 5.32 Å². The van der Waals surface area contributed by atoms with Crippen molar-refractivity contribution >= 4 is 5.91 Å². The van der Waals surface area contributed by atoms with Gasteiger partial charge in [0, 0.05) is 7.11 Å². The van der Waals surface area contributed by atoms with Crippen molar-refractivity contribution in [3.63, 3.8) is 0 Å². The molecular weight excluding hydrogens is 290 g/mol. The van der Waals surface area contributed by atoms with Gasteiger partial charge in [-0.15, -0.1) is 0 Å². The number of benzene rings is 2. The summed E-state index contributed by atoms with van der Waals surface area (Å²) >= 11 is 0. The van der Waals surface area contributed by atoms with Crippen molar-refractivity contribution in [2.24, 2.45) is 0 Å². The third kappa shape index (κ3) is 3.71. The average molecular weight is 311 g/mol. The molecule has 0 bridgehead atoms. The number of carbonyl (C=O) groups excluding carboxylic acids is 1. The highest BCUT2D eigenvalue weighted by atomic mass is 16.5. The van der Waals surface area contributed by atoms with Gasteiger partial charge in [-0.05, 0) is 41.7 Å². The largest absolute Gasteiger partial charge is 0.493 e. The van der Waals surface area contributed by atoms with Crippen molar-refractivity contribution in [2.75, 3.05) is 20.3 Å². The van der Waals surface area contributed by atoms with E-state index in [2.05, 4.69) is 11.4 Å². The number of fused-ring (bicyclic) bond motifs is 1. The lowest BCUT2D eigenvalue weighted by atomic mass is 9.95. The lowest BCUT2D eigenvalue weighted by molar-refractivity contribution is -0.125. The van der Waals surface area contributed by atoms with Crippen molar-refractivity contribution in [3.05, 3.63) is 65.2 Å². The van der Waals surface area contributed by atoms with Crippen LogP contribution >= 0.6 is 0 Å². The molecule has 0 spiro atoms. The van der Waals surface area contributed by atoms with Crippen molar-refractivity contribution in [2.45, 2.75) is 18.9 Å². The van der Waals surface area contributed by atoms with E-state index < -0.39 is 0 Å². The third-order valence-electron chi connectivity index (χ3n) is 3.98. The molecule has 1 atom stereocenters. The molecule has 2 aromatic carbocycles. The van der Waals surface area contributed by atoms with Crippen LogP contribution in [0.4, 0.5) is 0 Å². The van der Waals surface area contributed by atoms with E-state index in [0.29, 0.717) is 0 Å². The predicted octanol–water partition coefficient (Wildman–Crippen LogP) is 2.86. The van der Waals surface area contributed by atoms with Gasteiger partial charge in [0.25, 0.3) is 0 Å². The molecule has 0 aromatic heterocycles. The van der Waals surface area contributed by atoms with Crippen LogP contribution in [0.15, 0.2) is 48.5 Å². The van der Waals surface area contributed by atoms with Crippen LogP contribution in [0.2, 0.25) is 0 Å². The molecule has 3 rings (SSSR count). The second kappa shape index (κ2) is 7.29. The number of rotatable bonds is 5. The Morgan fingerprint density at radius 1 is 1.22 bits per heavy atom. The standard InChI is InChI=1S/C19H21NO3/c1-22-13-18(21)20-19(14-6-3-2-4-7-14)16-9-10-17-15(12-16)8-5-11-23-17/h2-4,6-7,9-10,12,19H,5,8,11,13H2,1H3,(H,20,21)/t19-/m0/s1. The summed E-state index contributed by atoms with van der Waals surface area (Å²) in [6.45, 7) is 0.830. The summed E-state index contributed by atoms with van der Waals surface area (Å²) in [6.07, 6.45) is 2.04. The third-order valence-corrected chi connectivity index (χ3v) is 3.98. The van der Waals surface area contributed by atoms with Gasteiger partial charge in [-0.25, -0.2) is 0 Å². The van der Waals surface area contributed by atoms with Crippen LogP contribution in [0.25, 0.3) is 0 Å². The quantitative estimate of drug-likeness (QED) is 0.923. The molecule has 0 saturated heterocycles. The van der Waals surface area contributed by atoms with Gasteiger partial charge in [-0.3, -0.25) is 4.79 Å². The molecule has 0 aliphatic carbocycles. The normalized spacial score (nSPS) is 14.5. The summed E-state index contributed by atoms with van der Waals surface area (Å²) < 4.78 is 10.6. The minimum Gasteiger partial charge on any atom is -0.493 e. The van der Waals surface area contributed by atoms with E-state index in [1.807, 2.05) is 42.5 Å². The second-order valence-corrected chi connectivity index (χ2v) is 5.66. The van der Waals surface area contributed by atoms with Gasteiger partial charge in [-0.2, -0.15) is 0 Å². The van der Waals surface area contributed by atoms with Crippen molar-refractivity contribution in [3.8, 4) is 5.75 Å². The first-order valence-corrected chi connectivity index (χ1v) is 7.87. The Kier molecular flexibility index (Phi) is 4.93. The Bertz CT molecular complexity index is 670. The number of aryl methyl sites for hydroxylation is 1. The van der Waals surface area contributed by atoms with E-state index in [1.165, 1.54) is 12.7 Å². The molecule has 4 heteroatoms. The van der Waals surface area contributed by atoms with Gasteiger partial charge >= 0.3 is 0 Å². The fourth-order valence-electron chi connectivity index (χ4n) is 2.90. The lowest BCUT2D eigenvalue weighted by Crippen LogP contribution is -2.32. The van der Waals surface area contributed by atoms with E-state index in [9.17, 15) is 4.79 Å². The fraction of sp³-hybridized carbons (Fsp3) is 0.316. The highest BCUT2D eigenvalue weighted by molar-refractivity contribution is 5.78. The maximum atomic E-state index is 12.0. The molecule has 0 saturated carbocycles. The summed E-state index contributed by atoms with van der Waals surface area (Å²) in [6, 6.07) is 15.9. The summed E-state index contributed by atoms with van der Waals surface area (Å²) in [5.74, 6) is 0.824. The molecule has 1 aliphatic rings.